The third-order valence-corrected chi connectivity index (χ3v) is 4.50. The molecular weight excluding hydrogens is 373 g/mol. The molecule has 0 bridgehead atoms. The van der Waals surface area contributed by atoms with E-state index < -0.39 is 12.1 Å². The first-order valence-electron chi connectivity index (χ1n) is 8.18. The molecule has 0 aromatic heterocycles. The zero-order valence-electron chi connectivity index (χ0n) is 14.4. The van der Waals surface area contributed by atoms with Crippen molar-refractivity contribution in [2.24, 2.45) is 5.73 Å². The Labute approximate surface area is 162 Å². The molecule has 0 spiro atoms. The Kier molecular flexibility index (Phi) is 7.30. The van der Waals surface area contributed by atoms with Gasteiger partial charge in [-0.3, -0.25) is 4.79 Å². The van der Waals surface area contributed by atoms with Crippen molar-refractivity contribution in [3.63, 3.8) is 0 Å². The molecule has 26 heavy (non-hydrogen) atoms. The van der Waals surface area contributed by atoms with E-state index in [1.807, 2.05) is 37.3 Å². The molecule has 0 aliphatic carbocycles. The zero-order valence-corrected chi connectivity index (χ0v) is 15.9. The molecule has 3 amide bonds. The molecule has 1 atom stereocenters. The molecule has 1 unspecified atom stereocenters. The van der Waals surface area contributed by atoms with Crippen molar-refractivity contribution < 1.29 is 9.59 Å². The largest absolute Gasteiger partial charge is 0.356 e. The van der Waals surface area contributed by atoms with Crippen molar-refractivity contribution in [3.05, 3.63) is 69.2 Å². The molecule has 0 aliphatic rings. The average molecular weight is 394 g/mol. The van der Waals surface area contributed by atoms with E-state index in [1.165, 1.54) is 0 Å². The molecule has 2 aromatic carbocycles. The zero-order chi connectivity index (χ0) is 19.1. The summed E-state index contributed by atoms with van der Waals surface area (Å²) >= 11 is 12.0. The van der Waals surface area contributed by atoms with Crippen LogP contribution in [0.3, 0.4) is 0 Å². The standard InChI is InChI=1S/C19H21Cl2N3O2/c1-12-2-4-14(5-3-12)17(24-19(22)26)11-18(25)23-9-8-13-6-7-15(20)10-16(13)21/h2-7,10,17H,8-9,11H2,1H3,(H,23,25)(H3,22,24,26). The minimum atomic E-state index is -0.670. The number of carbonyl (C=O) groups excluding carboxylic acids is 2. The molecule has 0 saturated carbocycles. The topological polar surface area (TPSA) is 84.2 Å². The summed E-state index contributed by atoms with van der Waals surface area (Å²) in [6.45, 7) is 2.40. The number of urea groups is 1. The number of primary amides is 1. The van der Waals surface area contributed by atoms with Gasteiger partial charge in [-0.05, 0) is 36.6 Å². The lowest BCUT2D eigenvalue weighted by Crippen LogP contribution is -2.37. The Morgan fingerprint density at radius 1 is 1.12 bits per heavy atom. The second-order valence-electron chi connectivity index (χ2n) is 6.01. The lowest BCUT2D eigenvalue weighted by atomic mass is 10.0. The maximum absolute atomic E-state index is 12.2. The Morgan fingerprint density at radius 3 is 2.42 bits per heavy atom. The molecule has 0 heterocycles. The smallest absolute Gasteiger partial charge is 0.312 e. The summed E-state index contributed by atoms with van der Waals surface area (Å²) in [6, 6.07) is 11.7. The maximum Gasteiger partial charge on any atom is 0.312 e. The summed E-state index contributed by atoms with van der Waals surface area (Å²) in [5.41, 5.74) is 8.06. The van der Waals surface area contributed by atoms with Gasteiger partial charge in [-0.25, -0.2) is 4.79 Å². The van der Waals surface area contributed by atoms with Crippen LogP contribution < -0.4 is 16.4 Å². The van der Waals surface area contributed by atoms with Crippen molar-refractivity contribution in [2.75, 3.05) is 6.54 Å². The van der Waals surface area contributed by atoms with Gasteiger partial charge >= 0.3 is 6.03 Å². The van der Waals surface area contributed by atoms with E-state index in [4.69, 9.17) is 28.9 Å². The van der Waals surface area contributed by atoms with Crippen LogP contribution in [-0.2, 0) is 11.2 Å². The Hall–Kier alpha value is -2.24. The summed E-state index contributed by atoms with van der Waals surface area (Å²) in [4.78, 5) is 23.5. The first-order valence-corrected chi connectivity index (χ1v) is 8.94. The molecule has 7 heteroatoms. The van der Waals surface area contributed by atoms with E-state index in [0.717, 1.165) is 16.7 Å². The van der Waals surface area contributed by atoms with Gasteiger partial charge in [-0.1, -0.05) is 59.1 Å². The number of nitrogens with two attached hydrogens (primary N) is 1. The lowest BCUT2D eigenvalue weighted by Gasteiger charge is -2.18. The van der Waals surface area contributed by atoms with Gasteiger partial charge in [0, 0.05) is 16.6 Å². The number of aryl methyl sites for hydroxylation is 1. The van der Waals surface area contributed by atoms with Crippen LogP contribution in [0.5, 0.6) is 0 Å². The van der Waals surface area contributed by atoms with Crippen LogP contribution in [0.1, 0.15) is 29.2 Å². The fraction of sp³-hybridized carbons (Fsp3) is 0.263. The van der Waals surface area contributed by atoms with E-state index in [0.29, 0.717) is 23.0 Å². The van der Waals surface area contributed by atoms with E-state index >= 15 is 0 Å². The van der Waals surface area contributed by atoms with Gasteiger partial charge in [0.2, 0.25) is 5.91 Å². The van der Waals surface area contributed by atoms with Gasteiger partial charge in [0.25, 0.3) is 0 Å². The summed E-state index contributed by atoms with van der Waals surface area (Å²) in [5.74, 6) is -0.186. The van der Waals surface area contributed by atoms with Crippen molar-refractivity contribution in [1.29, 1.82) is 0 Å². The van der Waals surface area contributed by atoms with Crippen LogP contribution in [0.25, 0.3) is 0 Å². The van der Waals surface area contributed by atoms with Gasteiger partial charge < -0.3 is 16.4 Å². The molecular formula is C19H21Cl2N3O2. The minimum Gasteiger partial charge on any atom is -0.356 e. The minimum absolute atomic E-state index is 0.0976. The van der Waals surface area contributed by atoms with Crippen molar-refractivity contribution in [2.45, 2.75) is 25.8 Å². The van der Waals surface area contributed by atoms with Crippen molar-refractivity contribution in [1.82, 2.24) is 10.6 Å². The summed E-state index contributed by atoms with van der Waals surface area (Å²) in [7, 11) is 0. The average Bonchev–Trinajstić information content (AvgIpc) is 2.56. The molecule has 2 rings (SSSR count). The molecule has 2 aromatic rings. The quantitative estimate of drug-likeness (QED) is 0.668. The van der Waals surface area contributed by atoms with Crippen LogP contribution in [0.4, 0.5) is 4.79 Å². The Balaban J connectivity index is 1.92. The fourth-order valence-corrected chi connectivity index (χ4v) is 3.04. The number of rotatable bonds is 7. The van der Waals surface area contributed by atoms with E-state index in [-0.39, 0.29) is 12.3 Å². The number of benzene rings is 2. The first-order chi connectivity index (χ1) is 12.3. The molecule has 0 saturated heterocycles. The van der Waals surface area contributed by atoms with Gasteiger partial charge in [0.15, 0.2) is 0 Å². The first kappa shape index (κ1) is 20.1. The van der Waals surface area contributed by atoms with Gasteiger partial charge in [0.05, 0.1) is 12.5 Å². The molecule has 4 N–H and O–H groups in total. The molecule has 138 valence electrons. The third kappa shape index (κ3) is 6.24. The Morgan fingerprint density at radius 2 is 1.81 bits per heavy atom. The second-order valence-corrected chi connectivity index (χ2v) is 6.86. The van der Waals surface area contributed by atoms with Gasteiger partial charge in [-0.15, -0.1) is 0 Å². The lowest BCUT2D eigenvalue weighted by molar-refractivity contribution is -0.121. The number of carbonyl (C=O) groups is 2. The van der Waals surface area contributed by atoms with Gasteiger partial charge in [-0.2, -0.15) is 0 Å². The normalized spacial score (nSPS) is 11.7. The highest BCUT2D eigenvalue weighted by Gasteiger charge is 2.17. The maximum atomic E-state index is 12.2. The SMILES string of the molecule is Cc1ccc(C(CC(=O)NCCc2ccc(Cl)cc2Cl)NC(N)=O)cc1. The number of halogens is 2. The number of nitrogens with one attached hydrogen (secondary N) is 2. The highest BCUT2D eigenvalue weighted by molar-refractivity contribution is 6.35. The Bertz CT molecular complexity index is 779. The molecule has 0 aliphatic heterocycles. The number of hydrogen-bond acceptors (Lipinski definition) is 2. The summed E-state index contributed by atoms with van der Waals surface area (Å²) in [6.07, 6.45) is 0.681. The van der Waals surface area contributed by atoms with Gasteiger partial charge in [0.1, 0.15) is 0 Å². The van der Waals surface area contributed by atoms with E-state index in [1.54, 1.807) is 12.1 Å². The summed E-state index contributed by atoms with van der Waals surface area (Å²) < 4.78 is 0. The van der Waals surface area contributed by atoms with Crippen LogP contribution in [0, 0.1) is 6.92 Å². The van der Waals surface area contributed by atoms with E-state index in [2.05, 4.69) is 10.6 Å². The van der Waals surface area contributed by atoms with Crippen LogP contribution in [-0.4, -0.2) is 18.5 Å². The second kappa shape index (κ2) is 9.46. The highest BCUT2D eigenvalue weighted by Crippen LogP contribution is 2.21. The van der Waals surface area contributed by atoms with Crippen molar-refractivity contribution >= 4 is 35.1 Å². The highest BCUT2D eigenvalue weighted by atomic mass is 35.5. The van der Waals surface area contributed by atoms with Crippen LogP contribution >= 0.6 is 23.2 Å². The summed E-state index contributed by atoms with van der Waals surface area (Å²) in [5, 5.41) is 6.59. The number of hydrogen-bond donors (Lipinski definition) is 3. The van der Waals surface area contributed by atoms with Crippen LogP contribution in [0.15, 0.2) is 42.5 Å². The molecule has 5 nitrogen and oxygen atoms in total. The molecule has 0 radical (unpaired) electrons. The number of amides is 3. The fourth-order valence-electron chi connectivity index (χ4n) is 2.54. The van der Waals surface area contributed by atoms with Crippen molar-refractivity contribution in [3.8, 4) is 0 Å². The predicted molar refractivity (Wildman–Crippen MR) is 104 cm³/mol. The predicted octanol–water partition coefficient (Wildman–Crippen LogP) is 3.76. The molecule has 0 fully saturated rings. The van der Waals surface area contributed by atoms with Crippen LogP contribution in [0.2, 0.25) is 10.0 Å². The third-order valence-electron chi connectivity index (χ3n) is 3.92. The van der Waals surface area contributed by atoms with E-state index in [9.17, 15) is 9.59 Å². The monoisotopic (exact) mass is 393 g/mol.